The molecule has 0 bridgehead atoms. The van der Waals surface area contributed by atoms with Crippen LogP contribution in [0.3, 0.4) is 0 Å². The van der Waals surface area contributed by atoms with Crippen molar-refractivity contribution in [2.75, 3.05) is 0 Å². The number of hydrogen-bond donors (Lipinski definition) is 3. The number of aldehydes is 1. The molecule has 1 saturated carbocycles. The zero-order valence-corrected chi connectivity index (χ0v) is 8.07. The summed E-state index contributed by atoms with van der Waals surface area (Å²) in [4.78, 5) is 43.1. The lowest BCUT2D eigenvalue weighted by Gasteiger charge is -2.15. The van der Waals surface area contributed by atoms with Crippen LogP contribution >= 0.6 is 0 Å². The van der Waals surface area contributed by atoms with Crippen LogP contribution in [0.25, 0.3) is 0 Å². The first-order chi connectivity index (χ1) is 7.40. The van der Waals surface area contributed by atoms with Gasteiger partial charge in [-0.3, -0.25) is 14.4 Å². The van der Waals surface area contributed by atoms with Gasteiger partial charge >= 0.3 is 17.9 Å². The summed E-state index contributed by atoms with van der Waals surface area (Å²) >= 11 is 0. The Bertz CT molecular complexity index is 348. The lowest BCUT2D eigenvalue weighted by molar-refractivity contribution is -0.158. The van der Waals surface area contributed by atoms with Gasteiger partial charge in [-0.1, -0.05) is 0 Å². The highest BCUT2D eigenvalue weighted by atomic mass is 16.4. The highest BCUT2D eigenvalue weighted by Crippen LogP contribution is 2.41. The molecule has 0 spiro atoms. The molecule has 3 N–H and O–H groups in total. The Hall–Kier alpha value is -1.92. The van der Waals surface area contributed by atoms with Gasteiger partial charge in [0.25, 0.3) is 0 Å². The predicted molar refractivity (Wildman–Crippen MR) is 47.5 cm³/mol. The maximum absolute atomic E-state index is 10.9. The number of carboxylic acids is 3. The monoisotopic (exact) mass is 230 g/mol. The second-order valence-electron chi connectivity index (χ2n) is 3.71. The molecule has 4 atom stereocenters. The fourth-order valence-electron chi connectivity index (χ4n) is 2.16. The molecule has 0 saturated heterocycles. The van der Waals surface area contributed by atoms with Crippen molar-refractivity contribution in [2.24, 2.45) is 23.7 Å². The minimum Gasteiger partial charge on any atom is -0.481 e. The van der Waals surface area contributed by atoms with Crippen LogP contribution in [0.1, 0.15) is 6.42 Å². The second kappa shape index (κ2) is 4.30. The topological polar surface area (TPSA) is 129 Å². The van der Waals surface area contributed by atoms with Gasteiger partial charge in [0.1, 0.15) is 6.29 Å². The predicted octanol–water partition coefficient (Wildman–Crippen LogP) is -0.692. The number of hydrogen-bond acceptors (Lipinski definition) is 4. The van der Waals surface area contributed by atoms with E-state index in [2.05, 4.69) is 0 Å². The van der Waals surface area contributed by atoms with Gasteiger partial charge in [0.05, 0.1) is 17.8 Å². The molecule has 0 radical (unpaired) electrons. The largest absolute Gasteiger partial charge is 0.481 e. The Balaban J connectivity index is 3.11. The maximum Gasteiger partial charge on any atom is 0.308 e. The molecule has 7 heteroatoms. The van der Waals surface area contributed by atoms with Crippen molar-refractivity contribution >= 4 is 24.2 Å². The third kappa shape index (κ3) is 1.88. The molecular formula is C9H10O7. The lowest BCUT2D eigenvalue weighted by Crippen LogP contribution is -2.34. The molecule has 1 aliphatic rings. The first-order valence-corrected chi connectivity index (χ1v) is 4.53. The Morgan fingerprint density at radius 2 is 1.44 bits per heavy atom. The zero-order chi connectivity index (χ0) is 12.5. The van der Waals surface area contributed by atoms with Crippen LogP contribution in [-0.4, -0.2) is 39.5 Å². The van der Waals surface area contributed by atoms with E-state index in [-0.39, 0.29) is 6.42 Å². The smallest absolute Gasteiger partial charge is 0.308 e. The molecule has 7 nitrogen and oxygen atoms in total. The van der Waals surface area contributed by atoms with E-state index >= 15 is 0 Å². The van der Waals surface area contributed by atoms with Gasteiger partial charge in [0.15, 0.2) is 0 Å². The molecule has 0 heterocycles. The van der Waals surface area contributed by atoms with Gasteiger partial charge in [-0.15, -0.1) is 0 Å². The summed E-state index contributed by atoms with van der Waals surface area (Å²) in [5.41, 5.74) is 0. The van der Waals surface area contributed by atoms with Crippen LogP contribution < -0.4 is 0 Å². The van der Waals surface area contributed by atoms with E-state index in [1.807, 2.05) is 0 Å². The number of carbonyl (C=O) groups excluding carboxylic acids is 1. The summed E-state index contributed by atoms with van der Waals surface area (Å²) in [6, 6.07) is 0. The van der Waals surface area contributed by atoms with Crippen LogP contribution in [0.4, 0.5) is 0 Å². The van der Waals surface area contributed by atoms with Crippen molar-refractivity contribution in [3.63, 3.8) is 0 Å². The van der Waals surface area contributed by atoms with Crippen molar-refractivity contribution in [1.82, 2.24) is 0 Å². The van der Waals surface area contributed by atoms with Crippen molar-refractivity contribution in [1.29, 1.82) is 0 Å². The van der Waals surface area contributed by atoms with Crippen molar-refractivity contribution in [3.8, 4) is 0 Å². The molecule has 1 rings (SSSR count). The van der Waals surface area contributed by atoms with Crippen molar-refractivity contribution in [3.05, 3.63) is 0 Å². The molecule has 4 unspecified atom stereocenters. The van der Waals surface area contributed by atoms with Gasteiger partial charge in [-0.2, -0.15) is 0 Å². The van der Waals surface area contributed by atoms with E-state index in [1.54, 1.807) is 0 Å². The highest BCUT2D eigenvalue weighted by Gasteiger charge is 2.53. The molecule has 0 aliphatic heterocycles. The van der Waals surface area contributed by atoms with E-state index in [0.29, 0.717) is 6.29 Å². The SMILES string of the molecule is O=CC1CC(C(=O)O)C(C(=O)O)C1C(=O)O. The van der Waals surface area contributed by atoms with E-state index in [4.69, 9.17) is 15.3 Å². The normalized spacial score (nSPS) is 33.2. The fraction of sp³-hybridized carbons (Fsp3) is 0.556. The summed E-state index contributed by atoms with van der Waals surface area (Å²) in [6.45, 7) is 0. The molecule has 0 aromatic carbocycles. The molecule has 0 aromatic rings. The molecule has 0 amide bonds. The molecule has 1 aliphatic carbocycles. The minimum absolute atomic E-state index is 0.243. The first kappa shape index (κ1) is 12.2. The third-order valence-corrected chi connectivity index (χ3v) is 2.87. The van der Waals surface area contributed by atoms with Gasteiger partial charge in [-0.25, -0.2) is 0 Å². The minimum atomic E-state index is -1.55. The van der Waals surface area contributed by atoms with Crippen LogP contribution in [0, 0.1) is 23.7 Å². The van der Waals surface area contributed by atoms with E-state index in [1.165, 1.54) is 0 Å². The summed E-state index contributed by atoms with van der Waals surface area (Å²) in [5.74, 6) is -9.73. The second-order valence-corrected chi connectivity index (χ2v) is 3.71. The Labute approximate surface area is 89.7 Å². The van der Waals surface area contributed by atoms with Gasteiger partial charge in [-0.05, 0) is 6.42 Å². The number of rotatable bonds is 4. The number of carboxylic acid groups (broad SMARTS) is 3. The Morgan fingerprint density at radius 1 is 0.938 bits per heavy atom. The standard InChI is InChI=1S/C9H10O7/c10-2-3-1-4(7(11)12)6(9(15)16)5(3)8(13)14/h2-6H,1H2,(H,11,12)(H,13,14)(H,15,16). The Kier molecular flexibility index (Phi) is 3.26. The number of carbonyl (C=O) groups is 4. The molecule has 1 fully saturated rings. The summed E-state index contributed by atoms with van der Waals surface area (Å²) in [5, 5.41) is 26.4. The van der Waals surface area contributed by atoms with E-state index in [9.17, 15) is 19.2 Å². The van der Waals surface area contributed by atoms with Gasteiger partial charge in [0, 0.05) is 5.92 Å². The van der Waals surface area contributed by atoms with E-state index in [0.717, 1.165) is 0 Å². The molecular weight excluding hydrogens is 220 g/mol. The summed E-state index contributed by atoms with van der Waals surface area (Å²) in [7, 11) is 0. The lowest BCUT2D eigenvalue weighted by atomic mass is 9.87. The molecule has 16 heavy (non-hydrogen) atoms. The maximum atomic E-state index is 10.9. The third-order valence-electron chi connectivity index (χ3n) is 2.87. The van der Waals surface area contributed by atoms with Crippen LogP contribution in [0.15, 0.2) is 0 Å². The average molecular weight is 230 g/mol. The van der Waals surface area contributed by atoms with Crippen molar-refractivity contribution < 1.29 is 34.5 Å². The molecule has 88 valence electrons. The first-order valence-electron chi connectivity index (χ1n) is 4.53. The summed E-state index contributed by atoms with van der Waals surface area (Å²) < 4.78 is 0. The Morgan fingerprint density at radius 3 is 1.75 bits per heavy atom. The highest BCUT2D eigenvalue weighted by molar-refractivity contribution is 5.89. The van der Waals surface area contributed by atoms with Crippen molar-refractivity contribution in [2.45, 2.75) is 6.42 Å². The van der Waals surface area contributed by atoms with Gasteiger partial charge < -0.3 is 20.1 Å². The van der Waals surface area contributed by atoms with Gasteiger partial charge in [0.2, 0.25) is 0 Å². The number of aliphatic carboxylic acids is 3. The quantitative estimate of drug-likeness (QED) is 0.545. The van der Waals surface area contributed by atoms with E-state index < -0.39 is 41.6 Å². The summed E-state index contributed by atoms with van der Waals surface area (Å²) in [6.07, 6.45) is 0.0738. The van der Waals surface area contributed by atoms with Crippen LogP contribution in [0.2, 0.25) is 0 Å². The molecule has 0 aromatic heterocycles. The average Bonchev–Trinajstić information content (AvgIpc) is 2.56. The van der Waals surface area contributed by atoms with Crippen LogP contribution in [0.5, 0.6) is 0 Å². The van der Waals surface area contributed by atoms with Crippen LogP contribution in [-0.2, 0) is 19.2 Å². The zero-order valence-electron chi connectivity index (χ0n) is 8.07. The fourth-order valence-corrected chi connectivity index (χ4v) is 2.16.